The van der Waals surface area contributed by atoms with Crippen molar-refractivity contribution in [2.75, 3.05) is 0 Å². The topological polar surface area (TPSA) is 0 Å². The molecule has 0 heterocycles. The van der Waals surface area contributed by atoms with Gasteiger partial charge in [0, 0.05) is 9.89 Å². The minimum atomic E-state index is 0.361. The highest BCUT2D eigenvalue weighted by molar-refractivity contribution is 9.10. The molecule has 0 spiro atoms. The van der Waals surface area contributed by atoms with Crippen LogP contribution in [0, 0.1) is 11.8 Å². The highest BCUT2D eigenvalue weighted by Crippen LogP contribution is 2.54. The summed E-state index contributed by atoms with van der Waals surface area (Å²) >= 11 is 3.69. The van der Waals surface area contributed by atoms with Crippen molar-refractivity contribution in [1.82, 2.24) is 0 Å². The number of allylic oxidation sites excluding steroid dienone is 2. The van der Waals surface area contributed by atoms with E-state index in [1.54, 1.807) is 0 Å². The molecule has 3 atom stereocenters. The Morgan fingerprint density at radius 3 is 2.67 bits per heavy atom. The predicted octanol–water partition coefficient (Wildman–Crippen LogP) is 4.30. The van der Waals surface area contributed by atoms with E-state index in [0.717, 1.165) is 11.8 Å². The molecule has 1 saturated carbocycles. The van der Waals surface area contributed by atoms with E-state index in [2.05, 4.69) is 59.3 Å². The quantitative estimate of drug-likeness (QED) is 0.662. The Morgan fingerprint density at radius 2 is 2.07 bits per heavy atom. The van der Waals surface area contributed by atoms with E-state index in [9.17, 15) is 0 Å². The summed E-state index contributed by atoms with van der Waals surface area (Å²) in [4.78, 5) is 0. The Bertz CT molecular complexity index is 421. The average Bonchev–Trinajstić information content (AvgIpc) is 2.78. The van der Waals surface area contributed by atoms with Gasteiger partial charge in [-0.2, -0.15) is 0 Å². The van der Waals surface area contributed by atoms with E-state index in [4.69, 9.17) is 0 Å². The smallest absolute Gasteiger partial charge is 0.0213 e. The van der Waals surface area contributed by atoms with E-state index in [-0.39, 0.29) is 0 Å². The van der Waals surface area contributed by atoms with Gasteiger partial charge >= 0.3 is 0 Å². The zero-order valence-corrected chi connectivity index (χ0v) is 10.5. The Labute approximate surface area is 99.5 Å². The predicted molar refractivity (Wildman–Crippen MR) is 66.8 cm³/mol. The second kappa shape index (κ2) is 3.21. The van der Waals surface area contributed by atoms with Gasteiger partial charge in [0.25, 0.3) is 0 Å². The van der Waals surface area contributed by atoms with Crippen LogP contribution in [-0.4, -0.2) is 0 Å². The first kappa shape index (κ1) is 9.65. The van der Waals surface area contributed by atoms with Gasteiger partial charge in [-0.25, -0.2) is 0 Å². The summed E-state index contributed by atoms with van der Waals surface area (Å²) in [6.45, 7) is 2.42. The van der Waals surface area contributed by atoms with Crippen molar-refractivity contribution in [2.24, 2.45) is 11.8 Å². The largest absolute Gasteiger partial charge is 0.0851 e. The summed E-state index contributed by atoms with van der Waals surface area (Å²) in [6.07, 6.45) is 7.51. The number of hydrogen-bond acceptors (Lipinski definition) is 0. The lowest BCUT2D eigenvalue weighted by molar-refractivity contribution is 0.394. The van der Waals surface area contributed by atoms with Crippen LogP contribution in [0.15, 0.2) is 40.9 Å². The van der Waals surface area contributed by atoms with Gasteiger partial charge in [0.2, 0.25) is 0 Å². The molecular formula is C14H15Br. The molecule has 3 unspecified atom stereocenters. The second-order valence-corrected chi connectivity index (χ2v) is 5.94. The van der Waals surface area contributed by atoms with E-state index in [0.29, 0.717) is 5.41 Å². The van der Waals surface area contributed by atoms with Crippen LogP contribution in [0.5, 0.6) is 0 Å². The molecule has 0 nitrogen and oxygen atoms in total. The summed E-state index contributed by atoms with van der Waals surface area (Å²) in [5.74, 6) is 1.58. The minimum Gasteiger partial charge on any atom is -0.0851 e. The van der Waals surface area contributed by atoms with E-state index in [1.165, 1.54) is 22.9 Å². The molecule has 15 heavy (non-hydrogen) atoms. The normalized spacial score (nSPS) is 37.5. The van der Waals surface area contributed by atoms with Crippen molar-refractivity contribution in [1.29, 1.82) is 0 Å². The number of rotatable bonds is 1. The van der Waals surface area contributed by atoms with Gasteiger partial charge in [-0.15, -0.1) is 0 Å². The molecule has 0 aliphatic heterocycles. The molecule has 0 radical (unpaired) electrons. The van der Waals surface area contributed by atoms with E-state index in [1.807, 2.05) is 0 Å². The van der Waals surface area contributed by atoms with Gasteiger partial charge in [0.05, 0.1) is 0 Å². The van der Waals surface area contributed by atoms with Crippen LogP contribution in [0.4, 0.5) is 0 Å². The van der Waals surface area contributed by atoms with Crippen molar-refractivity contribution >= 4 is 15.9 Å². The SMILES string of the molecule is CC1(c2ccccc2Br)CC2C=CC1C2. The lowest BCUT2D eigenvalue weighted by Gasteiger charge is -2.33. The van der Waals surface area contributed by atoms with Gasteiger partial charge in [-0.05, 0) is 36.3 Å². The van der Waals surface area contributed by atoms with Gasteiger partial charge in [0.15, 0.2) is 0 Å². The lowest BCUT2D eigenvalue weighted by Crippen LogP contribution is -2.27. The summed E-state index contributed by atoms with van der Waals surface area (Å²) < 4.78 is 1.27. The molecule has 0 amide bonds. The first-order chi connectivity index (χ1) is 7.20. The number of hydrogen-bond donors (Lipinski definition) is 0. The number of fused-ring (bicyclic) bond motifs is 2. The first-order valence-electron chi connectivity index (χ1n) is 5.63. The van der Waals surface area contributed by atoms with E-state index < -0.39 is 0 Å². The molecule has 0 saturated heterocycles. The number of benzene rings is 1. The molecule has 1 fully saturated rings. The highest BCUT2D eigenvalue weighted by atomic mass is 79.9. The summed E-state index contributed by atoms with van der Waals surface area (Å²) in [7, 11) is 0. The third kappa shape index (κ3) is 1.32. The molecule has 2 bridgehead atoms. The Kier molecular flexibility index (Phi) is 2.07. The van der Waals surface area contributed by atoms with Crippen LogP contribution in [0.2, 0.25) is 0 Å². The average molecular weight is 263 g/mol. The summed E-state index contributed by atoms with van der Waals surface area (Å²) in [6, 6.07) is 8.69. The maximum atomic E-state index is 3.69. The summed E-state index contributed by atoms with van der Waals surface area (Å²) in [5.41, 5.74) is 1.85. The molecule has 3 rings (SSSR count). The van der Waals surface area contributed by atoms with Crippen molar-refractivity contribution < 1.29 is 0 Å². The molecule has 2 aliphatic carbocycles. The standard InChI is InChI=1S/C14H15Br/c1-14(9-10-6-7-11(14)8-10)12-4-2-3-5-13(12)15/h2-7,10-11H,8-9H2,1H3. The van der Waals surface area contributed by atoms with Gasteiger partial charge in [-0.3, -0.25) is 0 Å². The molecule has 0 N–H and O–H groups in total. The first-order valence-corrected chi connectivity index (χ1v) is 6.43. The second-order valence-electron chi connectivity index (χ2n) is 5.09. The third-order valence-corrected chi connectivity index (χ3v) is 4.86. The molecule has 2 aliphatic rings. The number of halogens is 1. The van der Waals surface area contributed by atoms with Crippen molar-refractivity contribution in [3.05, 3.63) is 46.5 Å². The lowest BCUT2D eigenvalue weighted by atomic mass is 9.72. The fourth-order valence-electron chi connectivity index (χ4n) is 3.33. The molecule has 1 aromatic rings. The van der Waals surface area contributed by atoms with Crippen LogP contribution in [0.3, 0.4) is 0 Å². The van der Waals surface area contributed by atoms with Gasteiger partial charge in [-0.1, -0.05) is 53.2 Å². The zero-order chi connectivity index (χ0) is 10.5. The summed E-state index contributed by atoms with van der Waals surface area (Å²) in [5, 5.41) is 0. The van der Waals surface area contributed by atoms with Crippen molar-refractivity contribution in [2.45, 2.75) is 25.2 Å². The van der Waals surface area contributed by atoms with Gasteiger partial charge in [0.1, 0.15) is 0 Å². The fraction of sp³-hybridized carbons (Fsp3) is 0.429. The van der Waals surface area contributed by atoms with Crippen LogP contribution < -0.4 is 0 Å². The zero-order valence-electron chi connectivity index (χ0n) is 8.91. The maximum absolute atomic E-state index is 3.69. The van der Waals surface area contributed by atoms with Crippen LogP contribution in [-0.2, 0) is 5.41 Å². The monoisotopic (exact) mass is 262 g/mol. The fourth-order valence-corrected chi connectivity index (χ4v) is 4.07. The molecule has 1 aromatic carbocycles. The molecular weight excluding hydrogens is 248 g/mol. The van der Waals surface area contributed by atoms with E-state index >= 15 is 0 Å². The Hall–Kier alpha value is -0.560. The van der Waals surface area contributed by atoms with Crippen LogP contribution in [0.1, 0.15) is 25.3 Å². The Balaban J connectivity index is 2.08. The van der Waals surface area contributed by atoms with Gasteiger partial charge < -0.3 is 0 Å². The molecule has 78 valence electrons. The third-order valence-electron chi connectivity index (χ3n) is 4.17. The molecule has 1 heteroatoms. The van der Waals surface area contributed by atoms with Crippen LogP contribution >= 0.6 is 15.9 Å². The minimum absolute atomic E-state index is 0.361. The van der Waals surface area contributed by atoms with Crippen molar-refractivity contribution in [3.8, 4) is 0 Å². The maximum Gasteiger partial charge on any atom is 0.0213 e. The van der Waals surface area contributed by atoms with Crippen LogP contribution in [0.25, 0.3) is 0 Å². The molecule has 0 aromatic heterocycles. The Morgan fingerprint density at radius 1 is 1.27 bits per heavy atom. The van der Waals surface area contributed by atoms with Crippen molar-refractivity contribution in [3.63, 3.8) is 0 Å². The highest BCUT2D eigenvalue weighted by Gasteiger charge is 2.46.